The van der Waals surface area contributed by atoms with Gasteiger partial charge in [-0.05, 0) is 24.1 Å². The number of ether oxygens (including phenoxy) is 1. The Labute approximate surface area is 105 Å². The third kappa shape index (κ3) is 2.53. The van der Waals surface area contributed by atoms with E-state index in [4.69, 9.17) is 21.4 Å². The molecule has 2 unspecified atom stereocenters. The minimum absolute atomic E-state index is 0.0551. The highest BCUT2D eigenvalue weighted by molar-refractivity contribution is 6.32. The molecular formula is C12H14ClNO3. The van der Waals surface area contributed by atoms with E-state index in [0.29, 0.717) is 23.7 Å². The van der Waals surface area contributed by atoms with Crippen LogP contribution in [0.4, 0.5) is 0 Å². The molecule has 92 valence electrons. The van der Waals surface area contributed by atoms with E-state index in [1.54, 1.807) is 13.2 Å². The lowest BCUT2D eigenvalue weighted by Gasteiger charge is -2.12. The smallest absolute Gasteiger partial charge is 0.307 e. The SMILES string of the molecule is COc1ccc(C2CC(C(=O)O)CN2)cc1Cl. The van der Waals surface area contributed by atoms with E-state index in [-0.39, 0.29) is 12.0 Å². The first kappa shape index (κ1) is 12.2. The summed E-state index contributed by atoms with van der Waals surface area (Å²) >= 11 is 6.04. The molecule has 0 spiro atoms. The van der Waals surface area contributed by atoms with E-state index in [2.05, 4.69) is 5.32 Å². The van der Waals surface area contributed by atoms with Crippen molar-refractivity contribution in [2.24, 2.45) is 5.92 Å². The first-order chi connectivity index (χ1) is 8.11. The van der Waals surface area contributed by atoms with Crippen LogP contribution in [-0.4, -0.2) is 24.7 Å². The van der Waals surface area contributed by atoms with Gasteiger partial charge in [0.2, 0.25) is 0 Å². The molecular weight excluding hydrogens is 242 g/mol. The average molecular weight is 256 g/mol. The molecule has 0 radical (unpaired) electrons. The number of halogens is 1. The molecule has 0 bridgehead atoms. The lowest BCUT2D eigenvalue weighted by atomic mass is 10.0. The third-order valence-electron chi connectivity index (χ3n) is 3.06. The van der Waals surface area contributed by atoms with Crippen molar-refractivity contribution in [2.75, 3.05) is 13.7 Å². The summed E-state index contributed by atoms with van der Waals surface area (Å²) in [6.45, 7) is 0.504. The maximum atomic E-state index is 10.9. The van der Waals surface area contributed by atoms with Gasteiger partial charge in [-0.2, -0.15) is 0 Å². The van der Waals surface area contributed by atoms with Crippen molar-refractivity contribution in [3.8, 4) is 5.75 Å². The van der Waals surface area contributed by atoms with Crippen LogP contribution in [0.1, 0.15) is 18.0 Å². The van der Waals surface area contributed by atoms with Crippen molar-refractivity contribution < 1.29 is 14.6 Å². The first-order valence-electron chi connectivity index (χ1n) is 5.41. The zero-order chi connectivity index (χ0) is 12.4. The molecule has 0 amide bonds. The Morgan fingerprint density at radius 2 is 2.35 bits per heavy atom. The highest BCUT2D eigenvalue weighted by Crippen LogP contribution is 2.32. The van der Waals surface area contributed by atoms with Gasteiger partial charge in [0.15, 0.2) is 0 Å². The monoisotopic (exact) mass is 255 g/mol. The summed E-state index contributed by atoms with van der Waals surface area (Å²) < 4.78 is 5.08. The molecule has 17 heavy (non-hydrogen) atoms. The summed E-state index contributed by atoms with van der Waals surface area (Å²) in [6, 6.07) is 5.59. The van der Waals surface area contributed by atoms with Crippen LogP contribution in [0.25, 0.3) is 0 Å². The van der Waals surface area contributed by atoms with E-state index in [1.165, 1.54) is 0 Å². The number of benzene rings is 1. The average Bonchev–Trinajstić information content (AvgIpc) is 2.78. The zero-order valence-corrected chi connectivity index (χ0v) is 10.2. The predicted molar refractivity (Wildman–Crippen MR) is 64.5 cm³/mol. The molecule has 1 fully saturated rings. The highest BCUT2D eigenvalue weighted by atomic mass is 35.5. The minimum atomic E-state index is -0.750. The van der Waals surface area contributed by atoms with Crippen LogP contribution < -0.4 is 10.1 Å². The van der Waals surface area contributed by atoms with Gasteiger partial charge in [-0.25, -0.2) is 0 Å². The van der Waals surface area contributed by atoms with Crippen molar-refractivity contribution >= 4 is 17.6 Å². The summed E-state index contributed by atoms with van der Waals surface area (Å²) in [6.07, 6.45) is 0.595. The lowest BCUT2D eigenvalue weighted by molar-refractivity contribution is -0.141. The van der Waals surface area contributed by atoms with Crippen molar-refractivity contribution in [1.82, 2.24) is 5.32 Å². The maximum absolute atomic E-state index is 10.9. The second kappa shape index (κ2) is 4.94. The number of carboxylic acids is 1. The maximum Gasteiger partial charge on any atom is 0.307 e. The van der Waals surface area contributed by atoms with Gasteiger partial charge in [-0.3, -0.25) is 4.79 Å². The van der Waals surface area contributed by atoms with E-state index < -0.39 is 5.97 Å². The summed E-state index contributed by atoms with van der Waals surface area (Å²) in [5.41, 5.74) is 1.000. The Hall–Kier alpha value is -1.26. The Morgan fingerprint density at radius 1 is 1.59 bits per heavy atom. The van der Waals surface area contributed by atoms with Crippen molar-refractivity contribution in [1.29, 1.82) is 0 Å². The number of rotatable bonds is 3. The fourth-order valence-corrected chi connectivity index (χ4v) is 2.34. The topological polar surface area (TPSA) is 58.6 Å². The number of carboxylic acid groups (broad SMARTS) is 1. The summed E-state index contributed by atoms with van der Waals surface area (Å²) in [5.74, 6) is -0.441. The second-order valence-corrected chi connectivity index (χ2v) is 4.53. The van der Waals surface area contributed by atoms with Crippen LogP contribution in [0.2, 0.25) is 5.02 Å². The normalized spacial score (nSPS) is 23.6. The lowest BCUT2D eigenvalue weighted by Crippen LogP contribution is -2.17. The van der Waals surface area contributed by atoms with Gasteiger partial charge in [0, 0.05) is 12.6 Å². The van der Waals surface area contributed by atoms with Gasteiger partial charge in [0.05, 0.1) is 18.1 Å². The third-order valence-corrected chi connectivity index (χ3v) is 3.35. The number of hydrogen-bond acceptors (Lipinski definition) is 3. The molecule has 5 heteroatoms. The Morgan fingerprint density at radius 3 is 2.88 bits per heavy atom. The molecule has 1 saturated heterocycles. The second-order valence-electron chi connectivity index (χ2n) is 4.13. The van der Waals surface area contributed by atoms with Crippen LogP contribution in [0, 0.1) is 5.92 Å². The molecule has 1 aromatic rings. The van der Waals surface area contributed by atoms with Gasteiger partial charge in [0.1, 0.15) is 5.75 Å². The van der Waals surface area contributed by atoms with E-state index >= 15 is 0 Å². The fraction of sp³-hybridized carbons (Fsp3) is 0.417. The van der Waals surface area contributed by atoms with Crippen molar-refractivity contribution in [3.05, 3.63) is 28.8 Å². The molecule has 0 aromatic heterocycles. The van der Waals surface area contributed by atoms with E-state index in [0.717, 1.165) is 5.56 Å². The largest absolute Gasteiger partial charge is 0.495 e. The molecule has 1 heterocycles. The van der Waals surface area contributed by atoms with Gasteiger partial charge in [-0.1, -0.05) is 17.7 Å². The molecule has 2 atom stereocenters. The summed E-state index contributed by atoms with van der Waals surface area (Å²) in [4.78, 5) is 10.9. The molecule has 0 aliphatic carbocycles. The van der Waals surface area contributed by atoms with Crippen LogP contribution >= 0.6 is 11.6 Å². The zero-order valence-electron chi connectivity index (χ0n) is 9.44. The number of hydrogen-bond donors (Lipinski definition) is 2. The molecule has 4 nitrogen and oxygen atoms in total. The van der Waals surface area contributed by atoms with Gasteiger partial charge < -0.3 is 15.2 Å². The number of methoxy groups -OCH3 is 1. The van der Waals surface area contributed by atoms with E-state index in [9.17, 15) is 4.79 Å². The molecule has 2 rings (SSSR count). The predicted octanol–water partition coefficient (Wildman–Crippen LogP) is 2.08. The van der Waals surface area contributed by atoms with Gasteiger partial charge >= 0.3 is 5.97 Å². The van der Waals surface area contributed by atoms with Crippen molar-refractivity contribution in [3.63, 3.8) is 0 Å². The number of aliphatic carboxylic acids is 1. The highest BCUT2D eigenvalue weighted by Gasteiger charge is 2.30. The van der Waals surface area contributed by atoms with Crippen LogP contribution in [0.5, 0.6) is 5.75 Å². The molecule has 1 aromatic carbocycles. The van der Waals surface area contributed by atoms with Crippen molar-refractivity contribution in [2.45, 2.75) is 12.5 Å². The molecule has 0 saturated carbocycles. The first-order valence-corrected chi connectivity index (χ1v) is 5.79. The Kier molecular flexibility index (Phi) is 3.54. The number of nitrogens with one attached hydrogen (secondary N) is 1. The molecule has 2 N–H and O–H groups in total. The molecule has 1 aliphatic heterocycles. The quantitative estimate of drug-likeness (QED) is 0.868. The fourth-order valence-electron chi connectivity index (χ4n) is 2.08. The van der Waals surface area contributed by atoms with Crippen LogP contribution in [-0.2, 0) is 4.79 Å². The summed E-state index contributed by atoms with van der Waals surface area (Å²) in [7, 11) is 1.56. The summed E-state index contributed by atoms with van der Waals surface area (Å²) in [5, 5.41) is 12.7. The van der Waals surface area contributed by atoms with Gasteiger partial charge in [0.25, 0.3) is 0 Å². The molecule has 1 aliphatic rings. The van der Waals surface area contributed by atoms with Gasteiger partial charge in [-0.15, -0.1) is 0 Å². The van der Waals surface area contributed by atoms with Crippen LogP contribution in [0.15, 0.2) is 18.2 Å². The van der Waals surface area contributed by atoms with Crippen LogP contribution in [0.3, 0.4) is 0 Å². The Bertz CT molecular complexity index is 436. The minimum Gasteiger partial charge on any atom is -0.495 e. The standard InChI is InChI=1S/C12H14ClNO3/c1-17-11-3-2-7(4-9(11)13)10-5-8(6-14-10)12(15)16/h2-4,8,10,14H,5-6H2,1H3,(H,15,16). The Balaban J connectivity index is 2.14. The van der Waals surface area contributed by atoms with E-state index in [1.807, 2.05) is 12.1 Å². The number of carbonyl (C=O) groups is 1.